The van der Waals surface area contributed by atoms with Crippen molar-refractivity contribution >= 4 is 23.9 Å². The fraction of sp³-hybridized carbons (Fsp3) is 0.541. The van der Waals surface area contributed by atoms with Crippen LogP contribution >= 0.6 is 11.8 Å². The van der Waals surface area contributed by atoms with E-state index in [2.05, 4.69) is 64.1 Å². The lowest BCUT2D eigenvalue weighted by molar-refractivity contribution is -0.110. The van der Waals surface area contributed by atoms with Crippen LogP contribution in [0.1, 0.15) is 64.9 Å². The van der Waals surface area contributed by atoms with Gasteiger partial charge in [0.05, 0.1) is 18.0 Å². The van der Waals surface area contributed by atoms with Crippen molar-refractivity contribution in [2.45, 2.75) is 77.1 Å². The molecule has 0 saturated carbocycles. The summed E-state index contributed by atoms with van der Waals surface area (Å²) < 4.78 is 0. The lowest BCUT2D eigenvalue weighted by atomic mass is 9.98. The lowest BCUT2D eigenvalue weighted by Gasteiger charge is -2.16. The second kappa shape index (κ2) is 31.6. The predicted octanol–water partition coefficient (Wildman–Crippen LogP) is 5.20. The molecule has 3 rings (SSSR count). The highest BCUT2D eigenvalue weighted by atomic mass is 32.2. The van der Waals surface area contributed by atoms with E-state index >= 15 is 0 Å². The van der Waals surface area contributed by atoms with Gasteiger partial charge in [0, 0.05) is 37.0 Å². The fourth-order valence-electron chi connectivity index (χ4n) is 4.49. The Hall–Kier alpha value is -3.04. The highest BCUT2D eigenvalue weighted by molar-refractivity contribution is 8.00. The molecule has 9 nitrogen and oxygen atoms in total. The Kier molecular flexibility index (Phi) is 29.5. The summed E-state index contributed by atoms with van der Waals surface area (Å²) in [6.45, 7) is 9.74. The van der Waals surface area contributed by atoms with Crippen molar-refractivity contribution < 1.29 is 15.0 Å². The lowest BCUT2D eigenvalue weighted by Crippen LogP contribution is -2.31. The largest absolute Gasteiger partial charge is 0.510 e. The van der Waals surface area contributed by atoms with Gasteiger partial charge in [-0.05, 0) is 102 Å². The van der Waals surface area contributed by atoms with Crippen molar-refractivity contribution in [2.24, 2.45) is 11.7 Å². The maximum atomic E-state index is 10.7. The monoisotopic (exact) mass is 670 g/mol. The van der Waals surface area contributed by atoms with Gasteiger partial charge in [-0.2, -0.15) is 0 Å². The van der Waals surface area contributed by atoms with Crippen LogP contribution in [0.4, 0.5) is 5.69 Å². The van der Waals surface area contributed by atoms with Gasteiger partial charge in [-0.15, -0.1) is 18.2 Å². The number of aliphatic hydroxyl groups excluding tert-OH is 2. The summed E-state index contributed by atoms with van der Waals surface area (Å²) in [5.74, 6) is 4.27. The molecule has 1 aliphatic carbocycles. The van der Waals surface area contributed by atoms with Crippen LogP contribution < -0.4 is 32.3 Å². The van der Waals surface area contributed by atoms with E-state index in [-0.39, 0.29) is 5.76 Å². The SMILES string of the molecule is C#CCN.CC=C(O)C(Cc1ccc(N/C(=C/C)CCCCNCNC)cc1)NC=O.CCC1NCCS1.OCCC1C=CC=CC1. The minimum Gasteiger partial charge on any atom is -0.510 e. The number of anilines is 1. The van der Waals surface area contributed by atoms with Gasteiger partial charge in [0.15, 0.2) is 0 Å². The first-order chi connectivity index (χ1) is 22.9. The van der Waals surface area contributed by atoms with Crippen LogP contribution in [-0.4, -0.2) is 73.7 Å². The van der Waals surface area contributed by atoms with Crippen LogP contribution in [0.2, 0.25) is 0 Å². The van der Waals surface area contributed by atoms with Gasteiger partial charge in [0.2, 0.25) is 6.41 Å². The molecule has 2 aliphatic rings. The summed E-state index contributed by atoms with van der Waals surface area (Å²) in [5, 5.41) is 35.1. The number of nitrogens with one attached hydrogen (secondary N) is 5. The third kappa shape index (κ3) is 23.9. The van der Waals surface area contributed by atoms with Gasteiger partial charge in [0.25, 0.3) is 0 Å². The molecule has 3 unspecified atom stereocenters. The molecule has 1 fully saturated rings. The number of carbonyl (C=O) groups excluding carboxylic acids is 1. The number of nitrogens with two attached hydrogens (primary N) is 1. The Morgan fingerprint density at radius 1 is 1.21 bits per heavy atom. The van der Waals surface area contributed by atoms with Crippen molar-refractivity contribution in [1.29, 1.82) is 0 Å². The van der Waals surface area contributed by atoms with E-state index in [1.165, 1.54) is 24.4 Å². The number of thioether (sulfide) groups is 1. The predicted molar refractivity (Wildman–Crippen MR) is 203 cm³/mol. The molecular weight excluding hydrogens is 609 g/mol. The molecule has 1 amide bonds. The van der Waals surface area contributed by atoms with E-state index in [0.29, 0.717) is 31.9 Å². The molecule has 0 spiro atoms. The van der Waals surface area contributed by atoms with Gasteiger partial charge < -0.3 is 42.5 Å². The molecule has 9 N–H and O–H groups in total. The molecule has 47 heavy (non-hydrogen) atoms. The zero-order valence-corrected chi connectivity index (χ0v) is 30.0. The molecule has 264 valence electrons. The molecule has 0 bridgehead atoms. The number of hydrogen-bond acceptors (Lipinski definition) is 9. The van der Waals surface area contributed by atoms with Gasteiger partial charge in [-0.3, -0.25) is 4.79 Å². The van der Waals surface area contributed by atoms with Crippen molar-refractivity contribution in [3.63, 3.8) is 0 Å². The Morgan fingerprint density at radius 3 is 2.45 bits per heavy atom. The highest BCUT2D eigenvalue weighted by Crippen LogP contribution is 2.18. The highest BCUT2D eigenvalue weighted by Gasteiger charge is 2.13. The molecular formula is C37H62N6O3S. The number of terminal acetylenes is 1. The van der Waals surface area contributed by atoms with Crippen LogP contribution in [0.5, 0.6) is 0 Å². The van der Waals surface area contributed by atoms with Crippen molar-refractivity contribution in [3.8, 4) is 12.3 Å². The normalized spacial score (nSPS) is 17.5. The average Bonchev–Trinajstić information content (AvgIpc) is 3.65. The summed E-state index contributed by atoms with van der Waals surface area (Å²) >= 11 is 2.03. The number of carbonyl (C=O) groups is 1. The van der Waals surface area contributed by atoms with Gasteiger partial charge >= 0.3 is 0 Å². The zero-order valence-electron chi connectivity index (χ0n) is 29.1. The zero-order chi connectivity index (χ0) is 35.0. The van der Waals surface area contributed by atoms with Crippen LogP contribution in [0, 0.1) is 18.3 Å². The fourth-order valence-corrected chi connectivity index (χ4v) is 5.48. The quantitative estimate of drug-likeness (QED) is 0.0369. The molecule has 0 radical (unpaired) electrons. The number of allylic oxidation sites excluding steroid dienone is 7. The van der Waals surface area contributed by atoms with E-state index < -0.39 is 6.04 Å². The third-order valence-corrected chi connectivity index (χ3v) is 8.51. The van der Waals surface area contributed by atoms with Crippen LogP contribution in [-0.2, 0) is 11.2 Å². The van der Waals surface area contributed by atoms with E-state index in [1.807, 2.05) is 62.2 Å². The number of benzene rings is 1. The Balaban J connectivity index is 0.000000843. The van der Waals surface area contributed by atoms with E-state index in [1.54, 1.807) is 13.0 Å². The first-order valence-corrected chi connectivity index (χ1v) is 17.8. The first kappa shape index (κ1) is 44.0. The minimum atomic E-state index is -0.395. The van der Waals surface area contributed by atoms with Gasteiger partial charge in [-0.1, -0.05) is 55.4 Å². The van der Waals surface area contributed by atoms with Crippen LogP contribution in [0.3, 0.4) is 0 Å². The molecule has 1 saturated heterocycles. The maximum Gasteiger partial charge on any atom is 0.207 e. The van der Waals surface area contributed by atoms with E-state index in [9.17, 15) is 9.90 Å². The van der Waals surface area contributed by atoms with Crippen molar-refractivity contribution in [3.05, 3.63) is 77.7 Å². The molecule has 10 heteroatoms. The molecule has 3 atom stereocenters. The third-order valence-electron chi connectivity index (χ3n) is 7.17. The Morgan fingerprint density at radius 2 is 1.96 bits per heavy atom. The topological polar surface area (TPSA) is 144 Å². The van der Waals surface area contributed by atoms with Crippen molar-refractivity contribution in [1.82, 2.24) is 21.3 Å². The number of hydrogen-bond donors (Lipinski definition) is 8. The molecule has 1 aromatic rings. The summed E-state index contributed by atoms with van der Waals surface area (Å²) in [6.07, 6.45) is 24.5. The van der Waals surface area contributed by atoms with Gasteiger partial charge in [-0.25, -0.2) is 0 Å². The summed E-state index contributed by atoms with van der Waals surface area (Å²) in [5.41, 5.74) is 8.09. The van der Waals surface area contributed by atoms with Crippen LogP contribution in [0.25, 0.3) is 0 Å². The molecule has 0 aromatic heterocycles. The Bertz CT molecular complexity index is 1060. The van der Waals surface area contributed by atoms with E-state index in [4.69, 9.17) is 10.8 Å². The standard InChI is InChI=1S/C21H34N4O2.C8H12O.C5H11NS.C3H5N/c1-4-18(8-6-7-13-23-15-22-3)25-19-11-9-17(10-12-19)14-20(24-16-26)21(27)5-2;9-7-6-8-4-2-1-3-5-8;1-2-5-6-3-4-7-5;1-2-3-4/h4-5,9-12,16,20,22-23,25,27H,6-8,13-15H2,1-3H3,(H,24,26);1-4,8-9H,5-7H2;5-6H,2-4H2,1H3;1H,3-4H2/b18-4+,21-5?;;;. The number of rotatable bonds is 17. The second-order valence-corrected chi connectivity index (χ2v) is 12.1. The Labute approximate surface area is 289 Å². The molecule has 1 aliphatic heterocycles. The van der Waals surface area contributed by atoms with Crippen molar-refractivity contribution in [2.75, 3.05) is 51.0 Å². The smallest absolute Gasteiger partial charge is 0.207 e. The first-order valence-electron chi connectivity index (χ1n) is 16.8. The molecule has 1 heterocycles. The number of aliphatic hydroxyl groups is 2. The summed E-state index contributed by atoms with van der Waals surface area (Å²) in [4.78, 5) is 10.7. The number of unbranched alkanes of at least 4 members (excludes halogenated alkanes) is 1. The van der Waals surface area contributed by atoms with Crippen LogP contribution in [0.15, 0.2) is 72.2 Å². The van der Waals surface area contributed by atoms with Gasteiger partial charge in [0.1, 0.15) is 5.76 Å². The minimum absolute atomic E-state index is 0.171. The average molecular weight is 671 g/mol. The second-order valence-electron chi connectivity index (χ2n) is 10.8. The summed E-state index contributed by atoms with van der Waals surface area (Å²) in [6, 6.07) is 7.68. The van der Waals surface area contributed by atoms with E-state index in [0.717, 1.165) is 61.9 Å². The summed E-state index contributed by atoms with van der Waals surface area (Å²) in [7, 11) is 1.93. The maximum absolute atomic E-state index is 10.7. The molecule has 1 aromatic carbocycles. The number of amides is 1.